The molecule has 1 aromatic heterocycles. The Hall–Kier alpha value is -0.190. The van der Waals surface area contributed by atoms with E-state index in [0.717, 1.165) is 4.88 Å². The van der Waals surface area contributed by atoms with Gasteiger partial charge in [-0.2, -0.15) is 12.6 Å². The molecule has 13 heavy (non-hydrogen) atoms. The molecule has 72 valence electrons. The number of thiophene rings is 1. The minimum Gasteiger partial charge on any atom is -0.465 e. The Balaban J connectivity index is 2.67. The normalized spacial score (nSPS) is 12.5. The summed E-state index contributed by atoms with van der Waals surface area (Å²) in [6.45, 7) is 2.13. The van der Waals surface area contributed by atoms with Gasteiger partial charge in [0.2, 0.25) is 0 Å². The zero-order valence-electron chi connectivity index (χ0n) is 6.99. The lowest BCUT2D eigenvalue weighted by Crippen LogP contribution is -2.09. The van der Waals surface area contributed by atoms with E-state index in [4.69, 9.17) is 16.3 Å². The molecule has 0 bridgehead atoms. The Kier molecular flexibility index (Phi) is 4.09. The van der Waals surface area contributed by atoms with Crippen molar-refractivity contribution in [1.29, 1.82) is 0 Å². The average Bonchev–Trinajstić information content (AvgIpc) is 2.51. The standard InChI is InChI=1S/C8H9ClO2S2/c1-2-11-8(10)7(12)5-3-4-6(9)13-5/h3-4,7,12H,2H2,1H3. The van der Waals surface area contributed by atoms with Crippen LogP contribution in [0.4, 0.5) is 0 Å². The van der Waals surface area contributed by atoms with E-state index in [1.165, 1.54) is 11.3 Å². The first-order valence-corrected chi connectivity index (χ1v) is 5.46. The lowest BCUT2D eigenvalue weighted by molar-refractivity contribution is -0.142. The molecule has 0 aliphatic carbocycles. The topological polar surface area (TPSA) is 26.3 Å². The maximum Gasteiger partial charge on any atom is 0.324 e. The summed E-state index contributed by atoms with van der Waals surface area (Å²) in [4.78, 5) is 12.0. The van der Waals surface area contributed by atoms with E-state index in [-0.39, 0.29) is 5.97 Å². The van der Waals surface area contributed by atoms with Gasteiger partial charge in [-0.05, 0) is 19.1 Å². The van der Waals surface area contributed by atoms with Crippen molar-refractivity contribution in [3.05, 3.63) is 21.3 Å². The molecule has 0 aromatic carbocycles. The van der Waals surface area contributed by atoms with Gasteiger partial charge >= 0.3 is 5.97 Å². The van der Waals surface area contributed by atoms with E-state index in [9.17, 15) is 4.79 Å². The second-order valence-electron chi connectivity index (χ2n) is 2.30. The largest absolute Gasteiger partial charge is 0.465 e. The summed E-state index contributed by atoms with van der Waals surface area (Å²) in [7, 11) is 0. The minimum atomic E-state index is -0.516. The number of carbonyl (C=O) groups is 1. The molecule has 0 N–H and O–H groups in total. The molecule has 0 fully saturated rings. The van der Waals surface area contributed by atoms with Gasteiger partial charge in [0, 0.05) is 4.88 Å². The smallest absolute Gasteiger partial charge is 0.324 e. The molecule has 2 nitrogen and oxygen atoms in total. The van der Waals surface area contributed by atoms with Crippen LogP contribution < -0.4 is 0 Å². The molecule has 1 atom stereocenters. The first kappa shape index (κ1) is 10.9. The molecule has 1 unspecified atom stereocenters. The highest BCUT2D eigenvalue weighted by Gasteiger charge is 2.18. The first-order valence-electron chi connectivity index (χ1n) is 3.75. The van der Waals surface area contributed by atoms with Crippen molar-refractivity contribution in [2.75, 3.05) is 6.61 Å². The van der Waals surface area contributed by atoms with Crippen LogP contribution in [0.3, 0.4) is 0 Å². The SMILES string of the molecule is CCOC(=O)C(S)c1ccc(Cl)s1. The molecular weight excluding hydrogens is 228 g/mol. The molecular formula is C8H9ClO2S2. The third kappa shape index (κ3) is 2.90. The summed E-state index contributed by atoms with van der Waals surface area (Å²) >= 11 is 11.2. The monoisotopic (exact) mass is 236 g/mol. The average molecular weight is 237 g/mol. The third-order valence-corrected chi connectivity index (χ3v) is 3.33. The van der Waals surface area contributed by atoms with Crippen LogP contribution in [0.15, 0.2) is 12.1 Å². The van der Waals surface area contributed by atoms with Crippen LogP contribution in [0.5, 0.6) is 0 Å². The van der Waals surface area contributed by atoms with Gasteiger partial charge in [-0.1, -0.05) is 11.6 Å². The van der Waals surface area contributed by atoms with E-state index in [1.807, 2.05) is 0 Å². The van der Waals surface area contributed by atoms with E-state index >= 15 is 0 Å². The summed E-state index contributed by atoms with van der Waals surface area (Å²) < 4.78 is 5.47. The van der Waals surface area contributed by atoms with Gasteiger partial charge in [0.15, 0.2) is 0 Å². The van der Waals surface area contributed by atoms with Crippen molar-refractivity contribution in [2.24, 2.45) is 0 Å². The summed E-state index contributed by atoms with van der Waals surface area (Å²) in [5.41, 5.74) is 0. The highest BCUT2D eigenvalue weighted by Crippen LogP contribution is 2.31. The summed E-state index contributed by atoms with van der Waals surface area (Å²) in [5, 5.41) is -0.516. The highest BCUT2D eigenvalue weighted by molar-refractivity contribution is 7.81. The quantitative estimate of drug-likeness (QED) is 0.645. The van der Waals surface area contributed by atoms with E-state index in [1.54, 1.807) is 19.1 Å². The maximum absolute atomic E-state index is 11.2. The van der Waals surface area contributed by atoms with Crippen LogP contribution in [0.2, 0.25) is 4.34 Å². The Bertz CT molecular complexity index is 298. The Morgan fingerprint density at radius 2 is 2.46 bits per heavy atom. The van der Waals surface area contributed by atoms with Crippen molar-refractivity contribution in [2.45, 2.75) is 12.2 Å². The number of hydrogen-bond donors (Lipinski definition) is 1. The fraction of sp³-hybridized carbons (Fsp3) is 0.375. The van der Waals surface area contributed by atoms with Crippen LogP contribution in [-0.2, 0) is 9.53 Å². The van der Waals surface area contributed by atoms with Crippen molar-refractivity contribution >= 4 is 41.5 Å². The van der Waals surface area contributed by atoms with E-state index in [0.29, 0.717) is 10.9 Å². The predicted molar refractivity (Wildman–Crippen MR) is 57.7 cm³/mol. The molecule has 0 radical (unpaired) electrons. The second kappa shape index (κ2) is 4.88. The molecule has 0 amide bonds. The number of esters is 1. The van der Waals surface area contributed by atoms with Crippen molar-refractivity contribution < 1.29 is 9.53 Å². The number of ether oxygens (including phenoxy) is 1. The maximum atomic E-state index is 11.2. The van der Waals surface area contributed by atoms with Crippen molar-refractivity contribution in [3.63, 3.8) is 0 Å². The lowest BCUT2D eigenvalue weighted by Gasteiger charge is -2.06. The second-order valence-corrected chi connectivity index (χ2v) is 4.56. The fourth-order valence-corrected chi connectivity index (χ4v) is 2.17. The molecule has 0 spiro atoms. The number of thiol groups is 1. The number of halogens is 1. The lowest BCUT2D eigenvalue weighted by atomic mass is 10.3. The summed E-state index contributed by atoms with van der Waals surface area (Å²) in [6, 6.07) is 3.52. The van der Waals surface area contributed by atoms with Crippen LogP contribution >= 0.6 is 35.6 Å². The molecule has 1 aromatic rings. The first-order chi connectivity index (χ1) is 6.15. The van der Waals surface area contributed by atoms with Gasteiger partial charge in [-0.3, -0.25) is 4.79 Å². The summed E-state index contributed by atoms with van der Waals surface area (Å²) in [6.07, 6.45) is 0. The van der Waals surface area contributed by atoms with Crippen LogP contribution in [0.25, 0.3) is 0 Å². The Morgan fingerprint density at radius 3 is 2.92 bits per heavy atom. The zero-order valence-corrected chi connectivity index (χ0v) is 9.46. The number of hydrogen-bond acceptors (Lipinski definition) is 4. The number of rotatable bonds is 3. The fourth-order valence-electron chi connectivity index (χ4n) is 0.813. The molecule has 0 saturated carbocycles. The van der Waals surface area contributed by atoms with Crippen molar-refractivity contribution in [1.82, 2.24) is 0 Å². The van der Waals surface area contributed by atoms with E-state index < -0.39 is 5.25 Å². The minimum absolute atomic E-state index is 0.329. The van der Waals surface area contributed by atoms with Gasteiger partial charge < -0.3 is 4.74 Å². The Labute approximate surface area is 91.3 Å². The van der Waals surface area contributed by atoms with Crippen LogP contribution in [-0.4, -0.2) is 12.6 Å². The van der Waals surface area contributed by atoms with Gasteiger partial charge in [0.25, 0.3) is 0 Å². The molecule has 0 aliphatic heterocycles. The third-order valence-electron chi connectivity index (χ3n) is 1.37. The molecule has 1 rings (SSSR count). The predicted octanol–water partition coefficient (Wildman–Crippen LogP) is 2.94. The molecule has 1 heterocycles. The summed E-state index contributed by atoms with van der Waals surface area (Å²) in [5.74, 6) is -0.329. The van der Waals surface area contributed by atoms with Crippen LogP contribution in [0.1, 0.15) is 17.1 Å². The van der Waals surface area contributed by atoms with Crippen LogP contribution in [0, 0.1) is 0 Å². The molecule has 5 heteroatoms. The molecule has 0 saturated heterocycles. The van der Waals surface area contributed by atoms with Gasteiger partial charge in [0.05, 0.1) is 10.9 Å². The Morgan fingerprint density at radius 1 is 1.77 bits per heavy atom. The van der Waals surface area contributed by atoms with Gasteiger partial charge in [-0.25, -0.2) is 0 Å². The molecule has 0 aliphatic rings. The van der Waals surface area contributed by atoms with Gasteiger partial charge in [-0.15, -0.1) is 11.3 Å². The number of carbonyl (C=O) groups excluding carboxylic acids is 1. The zero-order chi connectivity index (χ0) is 9.84. The highest BCUT2D eigenvalue weighted by atomic mass is 35.5. The van der Waals surface area contributed by atoms with Gasteiger partial charge in [0.1, 0.15) is 5.25 Å². The van der Waals surface area contributed by atoms with Crippen molar-refractivity contribution in [3.8, 4) is 0 Å². The van der Waals surface area contributed by atoms with E-state index in [2.05, 4.69) is 12.6 Å².